The number of hydrogen-bond acceptors (Lipinski definition) is 4. The molecule has 4 rings (SSSR count). The van der Waals surface area contributed by atoms with Crippen LogP contribution in [0.2, 0.25) is 0 Å². The fraction of sp³-hybridized carbons (Fsp3) is 0.125. The lowest BCUT2D eigenvalue weighted by atomic mass is 10.0. The van der Waals surface area contributed by atoms with E-state index in [9.17, 15) is 9.18 Å². The van der Waals surface area contributed by atoms with Gasteiger partial charge in [-0.3, -0.25) is 10.1 Å². The first-order chi connectivity index (χ1) is 15.1. The molecule has 0 aliphatic carbocycles. The van der Waals surface area contributed by atoms with E-state index in [1.54, 1.807) is 23.1 Å². The molecule has 0 bridgehead atoms. The van der Waals surface area contributed by atoms with Crippen molar-refractivity contribution < 1.29 is 9.18 Å². The van der Waals surface area contributed by atoms with Crippen LogP contribution in [-0.2, 0) is 4.79 Å². The van der Waals surface area contributed by atoms with E-state index in [1.807, 2.05) is 61.5 Å². The first-order valence-corrected chi connectivity index (χ1v) is 9.92. The normalized spacial score (nSPS) is 12.8. The molecule has 2 N–H and O–H groups in total. The molecule has 1 aromatic heterocycles. The first-order valence-electron chi connectivity index (χ1n) is 9.92. The Morgan fingerprint density at radius 3 is 2.29 bits per heavy atom. The zero-order valence-corrected chi connectivity index (χ0v) is 16.9. The van der Waals surface area contributed by atoms with Gasteiger partial charge in [0.15, 0.2) is 0 Å². The molecule has 1 amide bonds. The van der Waals surface area contributed by atoms with Crippen LogP contribution in [0.25, 0.3) is 5.69 Å². The van der Waals surface area contributed by atoms with Gasteiger partial charge in [0.1, 0.15) is 24.5 Å². The number of hydrogen-bond donors (Lipinski definition) is 2. The molecule has 2 atom stereocenters. The third-order valence-electron chi connectivity index (χ3n) is 5.00. The molecule has 4 aromatic rings. The Hall–Kier alpha value is -3.84. The van der Waals surface area contributed by atoms with Gasteiger partial charge in [-0.15, -0.1) is 0 Å². The lowest BCUT2D eigenvalue weighted by Crippen LogP contribution is -2.34. The summed E-state index contributed by atoms with van der Waals surface area (Å²) in [5.41, 5.74) is 3.31. The van der Waals surface area contributed by atoms with Gasteiger partial charge in [0.2, 0.25) is 5.91 Å². The molecule has 0 aliphatic rings. The molecule has 0 unspecified atom stereocenters. The summed E-state index contributed by atoms with van der Waals surface area (Å²) >= 11 is 0. The second-order valence-electron chi connectivity index (χ2n) is 7.16. The monoisotopic (exact) mass is 415 g/mol. The van der Waals surface area contributed by atoms with Crippen molar-refractivity contribution in [3.8, 4) is 5.69 Å². The Bertz CT molecular complexity index is 1110. The standard InChI is InChI=1S/C24H22FN5O/c1-17(18-7-13-22(14-8-18)30-16-26-15-27-30)28-23(19-5-3-2-4-6-19)24(31)29-21-11-9-20(25)10-12-21/h2-17,23,28H,1H3,(H,29,31)/t17-,23+/m1/s1. The van der Waals surface area contributed by atoms with Crippen LogP contribution in [0.15, 0.2) is 91.5 Å². The summed E-state index contributed by atoms with van der Waals surface area (Å²) < 4.78 is 14.9. The zero-order valence-electron chi connectivity index (χ0n) is 16.9. The molecule has 0 radical (unpaired) electrons. The van der Waals surface area contributed by atoms with E-state index in [0.29, 0.717) is 5.69 Å². The van der Waals surface area contributed by atoms with E-state index >= 15 is 0 Å². The molecule has 156 valence electrons. The van der Waals surface area contributed by atoms with Crippen LogP contribution in [0.3, 0.4) is 0 Å². The number of carbonyl (C=O) groups excluding carboxylic acids is 1. The molecule has 31 heavy (non-hydrogen) atoms. The Balaban J connectivity index is 1.52. The van der Waals surface area contributed by atoms with Crippen molar-refractivity contribution in [1.29, 1.82) is 0 Å². The van der Waals surface area contributed by atoms with E-state index in [2.05, 4.69) is 20.7 Å². The Labute approximate surface area is 179 Å². The minimum atomic E-state index is -0.587. The number of carbonyl (C=O) groups is 1. The molecular formula is C24H22FN5O. The van der Waals surface area contributed by atoms with Crippen molar-refractivity contribution in [3.63, 3.8) is 0 Å². The number of nitrogens with one attached hydrogen (secondary N) is 2. The summed E-state index contributed by atoms with van der Waals surface area (Å²) in [5, 5.41) is 10.4. The topological polar surface area (TPSA) is 71.8 Å². The second kappa shape index (κ2) is 9.32. The molecule has 0 aliphatic heterocycles. The number of halogens is 1. The molecule has 7 heteroatoms. The zero-order chi connectivity index (χ0) is 21.6. The fourth-order valence-corrected chi connectivity index (χ4v) is 3.32. The highest BCUT2D eigenvalue weighted by Crippen LogP contribution is 2.22. The molecule has 0 spiro atoms. The van der Waals surface area contributed by atoms with Crippen LogP contribution in [0.4, 0.5) is 10.1 Å². The van der Waals surface area contributed by atoms with Gasteiger partial charge >= 0.3 is 0 Å². The van der Waals surface area contributed by atoms with Crippen molar-refractivity contribution in [1.82, 2.24) is 20.1 Å². The molecule has 3 aromatic carbocycles. The molecule has 0 fully saturated rings. The van der Waals surface area contributed by atoms with Gasteiger partial charge in [-0.1, -0.05) is 42.5 Å². The van der Waals surface area contributed by atoms with Crippen molar-refractivity contribution in [3.05, 3.63) is 108 Å². The molecule has 1 heterocycles. The maximum Gasteiger partial charge on any atom is 0.246 e. The van der Waals surface area contributed by atoms with Gasteiger partial charge in [0.25, 0.3) is 0 Å². The van der Waals surface area contributed by atoms with Crippen molar-refractivity contribution in [2.24, 2.45) is 0 Å². The van der Waals surface area contributed by atoms with Gasteiger partial charge < -0.3 is 5.32 Å². The molecule has 0 saturated heterocycles. The highest BCUT2D eigenvalue weighted by atomic mass is 19.1. The average molecular weight is 415 g/mol. The quantitative estimate of drug-likeness (QED) is 0.468. The van der Waals surface area contributed by atoms with Gasteiger partial charge in [-0.05, 0) is 54.4 Å². The third-order valence-corrected chi connectivity index (χ3v) is 5.00. The number of amides is 1. The number of rotatable bonds is 7. The van der Waals surface area contributed by atoms with Gasteiger partial charge in [-0.25, -0.2) is 14.1 Å². The maximum atomic E-state index is 13.2. The fourth-order valence-electron chi connectivity index (χ4n) is 3.32. The van der Waals surface area contributed by atoms with E-state index in [-0.39, 0.29) is 17.8 Å². The van der Waals surface area contributed by atoms with Gasteiger partial charge in [-0.2, -0.15) is 5.10 Å². The Morgan fingerprint density at radius 2 is 1.65 bits per heavy atom. The SMILES string of the molecule is C[C@@H](N[C@H](C(=O)Nc1ccc(F)cc1)c1ccccc1)c1ccc(-n2cncn2)cc1. The van der Waals surface area contributed by atoms with E-state index in [0.717, 1.165) is 16.8 Å². The average Bonchev–Trinajstić information content (AvgIpc) is 3.34. The van der Waals surface area contributed by atoms with Crippen molar-refractivity contribution in [2.45, 2.75) is 19.0 Å². The highest BCUT2D eigenvalue weighted by Gasteiger charge is 2.23. The molecule has 0 saturated carbocycles. The van der Waals surface area contributed by atoms with Crippen LogP contribution >= 0.6 is 0 Å². The summed E-state index contributed by atoms with van der Waals surface area (Å²) in [7, 11) is 0. The van der Waals surface area contributed by atoms with E-state index < -0.39 is 6.04 Å². The summed E-state index contributed by atoms with van der Waals surface area (Å²) in [6.07, 6.45) is 3.13. The Kier molecular flexibility index (Phi) is 6.14. The predicted molar refractivity (Wildman–Crippen MR) is 117 cm³/mol. The Morgan fingerprint density at radius 1 is 0.935 bits per heavy atom. The van der Waals surface area contributed by atoms with Crippen LogP contribution in [0.1, 0.15) is 30.1 Å². The predicted octanol–water partition coefficient (Wildman–Crippen LogP) is 4.44. The van der Waals surface area contributed by atoms with Crippen LogP contribution in [0.5, 0.6) is 0 Å². The van der Waals surface area contributed by atoms with Gasteiger partial charge in [0.05, 0.1) is 5.69 Å². The minimum Gasteiger partial charge on any atom is -0.324 e. The number of anilines is 1. The number of aromatic nitrogens is 3. The van der Waals surface area contributed by atoms with Gasteiger partial charge in [0, 0.05) is 11.7 Å². The van der Waals surface area contributed by atoms with Crippen LogP contribution in [0, 0.1) is 5.82 Å². The second-order valence-corrected chi connectivity index (χ2v) is 7.16. The van der Waals surface area contributed by atoms with Crippen molar-refractivity contribution in [2.75, 3.05) is 5.32 Å². The van der Waals surface area contributed by atoms with Crippen LogP contribution < -0.4 is 10.6 Å². The number of nitrogens with zero attached hydrogens (tertiary/aromatic N) is 3. The number of benzene rings is 3. The summed E-state index contributed by atoms with van der Waals surface area (Å²) in [5.74, 6) is -0.567. The summed E-state index contributed by atoms with van der Waals surface area (Å²) in [6, 6.07) is 22.4. The maximum absolute atomic E-state index is 13.2. The molecular weight excluding hydrogens is 393 g/mol. The highest BCUT2D eigenvalue weighted by molar-refractivity contribution is 5.95. The van der Waals surface area contributed by atoms with E-state index in [1.165, 1.54) is 18.5 Å². The summed E-state index contributed by atoms with van der Waals surface area (Å²) in [4.78, 5) is 17.1. The minimum absolute atomic E-state index is 0.103. The lowest BCUT2D eigenvalue weighted by Gasteiger charge is -2.24. The largest absolute Gasteiger partial charge is 0.324 e. The van der Waals surface area contributed by atoms with Crippen LogP contribution in [-0.4, -0.2) is 20.7 Å². The molecule has 6 nitrogen and oxygen atoms in total. The third kappa shape index (κ3) is 5.02. The van der Waals surface area contributed by atoms with E-state index in [4.69, 9.17) is 0 Å². The smallest absolute Gasteiger partial charge is 0.246 e. The van der Waals surface area contributed by atoms with Crippen molar-refractivity contribution >= 4 is 11.6 Å². The lowest BCUT2D eigenvalue weighted by molar-refractivity contribution is -0.118. The summed E-state index contributed by atoms with van der Waals surface area (Å²) in [6.45, 7) is 2.01. The first kappa shape index (κ1) is 20.4.